The van der Waals surface area contributed by atoms with Crippen molar-refractivity contribution < 1.29 is 8.42 Å². The zero-order chi connectivity index (χ0) is 15.5. The van der Waals surface area contributed by atoms with E-state index < -0.39 is 10.0 Å². The maximum atomic E-state index is 13.0. The van der Waals surface area contributed by atoms with Crippen LogP contribution in [0.15, 0.2) is 23.4 Å². The third kappa shape index (κ3) is 3.55. The molecule has 0 aliphatic carbocycles. The molecule has 1 aromatic heterocycles. The minimum atomic E-state index is -3.50. The van der Waals surface area contributed by atoms with Gasteiger partial charge in [-0.3, -0.25) is 4.98 Å². The van der Waals surface area contributed by atoms with Crippen LogP contribution in [0.2, 0.25) is 0 Å². The standard InChI is InChI=1S/C15H25N3O2S/c1-4-8-17-14-7-9-16-10-15(14)21(19,20)18-11-12(2)5-6-13(18)3/h7,9-10,12-13H,4-6,8,11H2,1-3H3,(H,16,17). The van der Waals surface area contributed by atoms with E-state index in [-0.39, 0.29) is 6.04 Å². The van der Waals surface area contributed by atoms with Crippen molar-refractivity contribution >= 4 is 15.7 Å². The molecular formula is C15H25N3O2S. The molecule has 1 aliphatic heterocycles. The van der Waals surface area contributed by atoms with Crippen LogP contribution in [0.3, 0.4) is 0 Å². The Kier molecular flexibility index (Phi) is 5.22. The van der Waals surface area contributed by atoms with Crippen LogP contribution in [0, 0.1) is 5.92 Å². The third-order valence-electron chi connectivity index (χ3n) is 4.00. The molecule has 1 saturated heterocycles. The lowest BCUT2D eigenvalue weighted by molar-refractivity contribution is 0.218. The second kappa shape index (κ2) is 6.75. The van der Waals surface area contributed by atoms with Gasteiger partial charge in [-0.15, -0.1) is 0 Å². The van der Waals surface area contributed by atoms with Gasteiger partial charge in [0, 0.05) is 31.5 Å². The fraction of sp³-hybridized carbons (Fsp3) is 0.667. The van der Waals surface area contributed by atoms with Gasteiger partial charge in [-0.1, -0.05) is 13.8 Å². The molecule has 0 aromatic carbocycles. The van der Waals surface area contributed by atoms with Gasteiger partial charge in [-0.05, 0) is 38.2 Å². The van der Waals surface area contributed by atoms with E-state index in [1.54, 1.807) is 16.6 Å². The molecule has 0 spiro atoms. The van der Waals surface area contributed by atoms with Crippen molar-refractivity contribution in [1.29, 1.82) is 0 Å². The Balaban J connectivity index is 2.34. The molecule has 21 heavy (non-hydrogen) atoms. The average molecular weight is 311 g/mol. The van der Waals surface area contributed by atoms with Crippen molar-refractivity contribution in [1.82, 2.24) is 9.29 Å². The van der Waals surface area contributed by atoms with Crippen molar-refractivity contribution in [3.8, 4) is 0 Å². The quantitative estimate of drug-likeness (QED) is 0.908. The van der Waals surface area contributed by atoms with Gasteiger partial charge in [0.2, 0.25) is 10.0 Å². The van der Waals surface area contributed by atoms with Gasteiger partial charge in [-0.25, -0.2) is 8.42 Å². The fourth-order valence-corrected chi connectivity index (χ4v) is 4.60. The monoisotopic (exact) mass is 311 g/mol. The summed E-state index contributed by atoms with van der Waals surface area (Å²) in [6.45, 7) is 7.48. The van der Waals surface area contributed by atoms with Crippen molar-refractivity contribution in [3.05, 3.63) is 18.5 Å². The molecule has 1 aromatic rings. The second-order valence-corrected chi connectivity index (χ2v) is 7.76. The summed E-state index contributed by atoms with van der Waals surface area (Å²) in [6, 6.07) is 1.78. The van der Waals surface area contributed by atoms with Crippen molar-refractivity contribution in [2.24, 2.45) is 5.92 Å². The maximum Gasteiger partial charge on any atom is 0.246 e. The number of hydrogen-bond donors (Lipinski definition) is 1. The van der Waals surface area contributed by atoms with E-state index in [1.165, 1.54) is 6.20 Å². The summed E-state index contributed by atoms with van der Waals surface area (Å²) < 4.78 is 27.6. The number of pyridine rings is 1. The molecule has 0 bridgehead atoms. The first-order valence-electron chi connectivity index (χ1n) is 7.66. The molecule has 6 heteroatoms. The summed E-state index contributed by atoms with van der Waals surface area (Å²) in [7, 11) is -3.50. The third-order valence-corrected chi connectivity index (χ3v) is 6.00. The zero-order valence-electron chi connectivity index (χ0n) is 13.0. The van der Waals surface area contributed by atoms with Gasteiger partial charge in [0.1, 0.15) is 4.90 Å². The number of hydrogen-bond acceptors (Lipinski definition) is 4. The highest BCUT2D eigenvalue weighted by atomic mass is 32.2. The van der Waals surface area contributed by atoms with Gasteiger partial charge in [0.15, 0.2) is 0 Å². The lowest BCUT2D eigenvalue weighted by Gasteiger charge is -2.35. The average Bonchev–Trinajstić information content (AvgIpc) is 2.47. The molecule has 1 aliphatic rings. The number of nitrogens with one attached hydrogen (secondary N) is 1. The van der Waals surface area contributed by atoms with Gasteiger partial charge in [-0.2, -0.15) is 4.31 Å². The fourth-order valence-electron chi connectivity index (χ4n) is 2.70. The van der Waals surface area contributed by atoms with E-state index in [9.17, 15) is 8.42 Å². The molecule has 2 atom stereocenters. The van der Waals surface area contributed by atoms with Crippen LogP contribution in [0.4, 0.5) is 5.69 Å². The van der Waals surface area contributed by atoms with E-state index in [4.69, 9.17) is 0 Å². The summed E-state index contributed by atoms with van der Waals surface area (Å²) >= 11 is 0. The number of aromatic nitrogens is 1. The highest BCUT2D eigenvalue weighted by Gasteiger charge is 2.34. The molecule has 5 nitrogen and oxygen atoms in total. The first-order chi connectivity index (χ1) is 9.96. The minimum absolute atomic E-state index is 0.0467. The molecule has 118 valence electrons. The molecule has 2 unspecified atom stereocenters. The van der Waals surface area contributed by atoms with Gasteiger partial charge in [0.25, 0.3) is 0 Å². The number of rotatable bonds is 5. The Hall–Kier alpha value is -1.14. The first-order valence-corrected chi connectivity index (χ1v) is 9.10. The van der Waals surface area contributed by atoms with Gasteiger partial charge >= 0.3 is 0 Å². The van der Waals surface area contributed by atoms with E-state index in [0.717, 1.165) is 25.8 Å². The second-order valence-electron chi connectivity index (χ2n) is 5.90. The lowest BCUT2D eigenvalue weighted by Crippen LogP contribution is -2.45. The Labute approximate surface area is 127 Å². The Morgan fingerprint density at radius 1 is 1.38 bits per heavy atom. The van der Waals surface area contributed by atoms with Gasteiger partial charge in [0.05, 0.1) is 5.69 Å². The molecule has 0 saturated carbocycles. The van der Waals surface area contributed by atoms with Crippen LogP contribution in [-0.2, 0) is 10.0 Å². The van der Waals surface area contributed by atoms with Crippen LogP contribution in [0.25, 0.3) is 0 Å². The van der Waals surface area contributed by atoms with Crippen LogP contribution in [0.1, 0.15) is 40.0 Å². The van der Waals surface area contributed by atoms with Crippen molar-refractivity contribution in [2.45, 2.75) is 51.0 Å². The van der Waals surface area contributed by atoms with Crippen LogP contribution in [0.5, 0.6) is 0 Å². The van der Waals surface area contributed by atoms with E-state index >= 15 is 0 Å². The highest BCUT2D eigenvalue weighted by molar-refractivity contribution is 7.89. The zero-order valence-corrected chi connectivity index (χ0v) is 13.9. The molecule has 0 amide bonds. The number of nitrogens with zero attached hydrogens (tertiary/aromatic N) is 2. The van der Waals surface area contributed by atoms with Crippen molar-refractivity contribution in [2.75, 3.05) is 18.4 Å². The largest absolute Gasteiger partial charge is 0.384 e. The first kappa shape index (κ1) is 16.2. The molecular weight excluding hydrogens is 286 g/mol. The van der Waals surface area contributed by atoms with E-state index in [2.05, 4.69) is 24.1 Å². The summed E-state index contributed by atoms with van der Waals surface area (Å²) in [5.41, 5.74) is 0.650. The summed E-state index contributed by atoms with van der Waals surface area (Å²) in [5, 5.41) is 3.19. The van der Waals surface area contributed by atoms with Crippen LogP contribution >= 0.6 is 0 Å². The molecule has 1 fully saturated rings. The molecule has 2 heterocycles. The van der Waals surface area contributed by atoms with Crippen LogP contribution < -0.4 is 5.32 Å². The minimum Gasteiger partial charge on any atom is -0.384 e. The lowest BCUT2D eigenvalue weighted by atomic mass is 9.97. The van der Waals surface area contributed by atoms with E-state index in [0.29, 0.717) is 23.0 Å². The number of piperidine rings is 1. The SMILES string of the molecule is CCCNc1ccncc1S(=O)(=O)N1CC(C)CCC1C. The van der Waals surface area contributed by atoms with Gasteiger partial charge < -0.3 is 5.32 Å². The number of anilines is 1. The smallest absolute Gasteiger partial charge is 0.246 e. The Morgan fingerprint density at radius 2 is 2.14 bits per heavy atom. The molecule has 2 rings (SSSR count). The predicted molar refractivity (Wildman–Crippen MR) is 84.8 cm³/mol. The molecule has 0 radical (unpaired) electrons. The van der Waals surface area contributed by atoms with E-state index in [1.807, 2.05) is 6.92 Å². The number of sulfonamides is 1. The van der Waals surface area contributed by atoms with Crippen molar-refractivity contribution in [3.63, 3.8) is 0 Å². The maximum absolute atomic E-state index is 13.0. The Morgan fingerprint density at radius 3 is 2.86 bits per heavy atom. The normalized spacial score (nSPS) is 24.0. The summed E-state index contributed by atoms with van der Waals surface area (Å²) in [6.07, 6.45) is 6.02. The topological polar surface area (TPSA) is 62.3 Å². The summed E-state index contributed by atoms with van der Waals surface area (Å²) in [5.74, 6) is 0.402. The Bertz CT molecular complexity index is 574. The highest BCUT2D eigenvalue weighted by Crippen LogP contribution is 2.30. The van der Waals surface area contributed by atoms with Crippen LogP contribution in [-0.4, -0.2) is 36.8 Å². The summed E-state index contributed by atoms with van der Waals surface area (Å²) in [4.78, 5) is 4.30. The predicted octanol–water partition coefficient (Wildman–Crippen LogP) is 2.71. The molecule has 1 N–H and O–H groups in total.